The number of amides is 1. The molecule has 0 aliphatic heterocycles. The summed E-state index contributed by atoms with van der Waals surface area (Å²) in [7, 11) is 0. The summed E-state index contributed by atoms with van der Waals surface area (Å²) in [4.78, 5) is 12.2. The van der Waals surface area contributed by atoms with Crippen LogP contribution in [0.15, 0.2) is 47.6 Å². The van der Waals surface area contributed by atoms with E-state index in [4.69, 9.17) is 5.21 Å². The van der Waals surface area contributed by atoms with Crippen LogP contribution in [0.1, 0.15) is 34.0 Å². The molecule has 0 unspecified atom stereocenters. The van der Waals surface area contributed by atoms with Crippen molar-refractivity contribution in [3.05, 3.63) is 64.7 Å². The quantitative estimate of drug-likeness (QED) is 0.511. The SMILES string of the molecule is C/C(=N\O)c1ccc(NC(=O)c2ccc(C)c(C)c2)cc1. The molecule has 2 aromatic rings. The van der Waals surface area contributed by atoms with Crippen LogP contribution < -0.4 is 5.32 Å². The fourth-order valence-corrected chi connectivity index (χ4v) is 1.94. The van der Waals surface area contributed by atoms with E-state index in [2.05, 4.69) is 10.5 Å². The van der Waals surface area contributed by atoms with Crippen molar-refractivity contribution >= 4 is 17.3 Å². The summed E-state index contributed by atoms with van der Waals surface area (Å²) in [5.41, 5.74) is 4.93. The molecule has 0 spiro atoms. The minimum atomic E-state index is -0.140. The first kappa shape index (κ1) is 14.8. The summed E-state index contributed by atoms with van der Waals surface area (Å²) < 4.78 is 0. The Morgan fingerprint density at radius 3 is 2.19 bits per heavy atom. The lowest BCUT2D eigenvalue weighted by Crippen LogP contribution is -2.12. The number of hydrogen-bond donors (Lipinski definition) is 2. The highest BCUT2D eigenvalue weighted by atomic mass is 16.4. The molecule has 4 nitrogen and oxygen atoms in total. The summed E-state index contributed by atoms with van der Waals surface area (Å²) in [6, 6.07) is 12.8. The Bertz CT molecular complexity index is 688. The molecular formula is C17H18N2O2. The number of aryl methyl sites for hydroxylation is 2. The standard InChI is InChI=1S/C17H18N2O2/c1-11-4-5-15(10-12(11)2)17(20)18-16-8-6-14(7-9-16)13(3)19-21/h4-10,21H,1-3H3,(H,18,20)/b19-13+. The zero-order chi connectivity index (χ0) is 15.4. The van der Waals surface area contributed by atoms with E-state index in [1.54, 1.807) is 31.2 Å². The third-order valence-electron chi connectivity index (χ3n) is 3.48. The van der Waals surface area contributed by atoms with Crippen molar-refractivity contribution in [2.24, 2.45) is 5.16 Å². The second-order valence-corrected chi connectivity index (χ2v) is 5.02. The smallest absolute Gasteiger partial charge is 0.255 e. The minimum Gasteiger partial charge on any atom is -0.411 e. The Morgan fingerprint density at radius 1 is 1.00 bits per heavy atom. The van der Waals surface area contributed by atoms with Crippen LogP contribution in [-0.4, -0.2) is 16.8 Å². The molecule has 0 saturated carbocycles. The van der Waals surface area contributed by atoms with E-state index in [-0.39, 0.29) is 5.91 Å². The van der Waals surface area contributed by atoms with Gasteiger partial charge in [-0.05, 0) is 61.7 Å². The molecule has 0 fully saturated rings. The molecule has 0 radical (unpaired) electrons. The van der Waals surface area contributed by atoms with Gasteiger partial charge in [0.2, 0.25) is 0 Å². The molecular weight excluding hydrogens is 264 g/mol. The number of nitrogens with one attached hydrogen (secondary N) is 1. The fourth-order valence-electron chi connectivity index (χ4n) is 1.94. The molecule has 1 amide bonds. The van der Waals surface area contributed by atoms with E-state index in [1.165, 1.54) is 0 Å². The molecule has 108 valence electrons. The van der Waals surface area contributed by atoms with E-state index in [0.717, 1.165) is 16.7 Å². The zero-order valence-electron chi connectivity index (χ0n) is 12.3. The first-order valence-electron chi connectivity index (χ1n) is 6.69. The van der Waals surface area contributed by atoms with Crippen molar-refractivity contribution in [1.29, 1.82) is 0 Å². The average molecular weight is 282 g/mol. The van der Waals surface area contributed by atoms with Gasteiger partial charge in [-0.3, -0.25) is 4.79 Å². The van der Waals surface area contributed by atoms with Crippen LogP contribution in [-0.2, 0) is 0 Å². The average Bonchev–Trinajstić information content (AvgIpc) is 2.50. The first-order valence-corrected chi connectivity index (χ1v) is 6.69. The normalized spacial score (nSPS) is 11.3. The number of benzene rings is 2. The van der Waals surface area contributed by atoms with Crippen molar-refractivity contribution in [1.82, 2.24) is 0 Å². The van der Waals surface area contributed by atoms with Crippen LogP contribution in [0.2, 0.25) is 0 Å². The van der Waals surface area contributed by atoms with Crippen LogP contribution >= 0.6 is 0 Å². The van der Waals surface area contributed by atoms with Gasteiger partial charge in [0.25, 0.3) is 5.91 Å². The molecule has 2 rings (SSSR count). The Morgan fingerprint density at radius 2 is 1.62 bits per heavy atom. The number of nitrogens with zero attached hydrogens (tertiary/aromatic N) is 1. The van der Waals surface area contributed by atoms with E-state index in [9.17, 15) is 4.79 Å². The summed E-state index contributed by atoms with van der Waals surface area (Å²) in [5, 5.41) is 14.7. The van der Waals surface area contributed by atoms with Gasteiger partial charge >= 0.3 is 0 Å². The number of hydrogen-bond acceptors (Lipinski definition) is 3. The number of rotatable bonds is 3. The summed E-state index contributed by atoms with van der Waals surface area (Å²) >= 11 is 0. The monoisotopic (exact) mass is 282 g/mol. The van der Waals surface area contributed by atoms with Gasteiger partial charge in [-0.15, -0.1) is 0 Å². The molecule has 0 aliphatic rings. The Hall–Kier alpha value is -2.62. The zero-order valence-corrected chi connectivity index (χ0v) is 12.3. The van der Waals surface area contributed by atoms with E-state index < -0.39 is 0 Å². The highest BCUT2D eigenvalue weighted by molar-refractivity contribution is 6.05. The lowest BCUT2D eigenvalue weighted by atomic mass is 10.1. The van der Waals surface area contributed by atoms with Crippen molar-refractivity contribution in [2.75, 3.05) is 5.32 Å². The molecule has 0 bridgehead atoms. The van der Waals surface area contributed by atoms with Crippen LogP contribution in [0.25, 0.3) is 0 Å². The molecule has 0 atom stereocenters. The predicted molar refractivity (Wildman–Crippen MR) is 84.3 cm³/mol. The highest BCUT2D eigenvalue weighted by Gasteiger charge is 2.07. The molecule has 0 aromatic heterocycles. The second-order valence-electron chi connectivity index (χ2n) is 5.02. The van der Waals surface area contributed by atoms with Gasteiger partial charge in [-0.2, -0.15) is 0 Å². The number of oxime groups is 1. The fraction of sp³-hybridized carbons (Fsp3) is 0.176. The Balaban J connectivity index is 2.14. The molecule has 4 heteroatoms. The van der Waals surface area contributed by atoms with Gasteiger partial charge in [0.15, 0.2) is 0 Å². The van der Waals surface area contributed by atoms with Gasteiger partial charge in [0, 0.05) is 11.3 Å². The van der Waals surface area contributed by atoms with Gasteiger partial charge < -0.3 is 10.5 Å². The number of carbonyl (C=O) groups is 1. The van der Waals surface area contributed by atoms with Crippen molar-refractivity contribution in [3.63, 3.8) is 0 Å². The second kappa shape index (κ2) is 6.22. The van der Waals surface area contributed by atoms with Gasteiger partial charge in [-0.25, -0.2) is 0 Å². The maximum absolute atomic E-state index is 12.2. The molecule has 0 heterocycles. The lowest BCUT2D eigenvalue weighted by Gasteiger charge is -2.08. The Kier molecular flexibility index (Phi) is 4.38. The lowest BCUT2D eigenvalue weighted by molar-refractivity contribution is 0.102. The van der Waals surface area contributed by atoms with Crippen molar-refractivity contribution in [2.45, 2.75) is 20.8 Å². The van der Waals surface area contributed by atoms with Crippen molar-refractivity contribution < 1.29 is 10.0 Å². The molecule has 0 aliphatic carbocycles. The largest absolute Gasteiger partial charge is 0.411 e. The van der Waals surface area contributed by atoms with Gasteiger partial charge in [-0.1, -0.05) is 23.4 Å². The van der Waals surface area contributed by atoms with E-state index in [0.29, 0.717) is 17.0 Å². The third-order valence-corrected chi connectivity index (χ3v) is 3.48. The predicted octanol–water partition coefficient (Wildman–Crippen LogP) is 3.75. The van der Waals surface area contributed by atoms with Crippen LogP contribution in [0.4, 0.5) is 5.69 Å². The van der Waals surface area contributed by atoms with E-state index >= 15 is 0 Å². The number of carbonyl (C=O) groups excluding carboxylic acids is 1. The maximum atomic E-state index is 12.2. The Labute approximate surface area is 124 Å². The molecule has 2 N–H and O–H groups in total. The minimum absolute atomic E-state index is 0.140. The topological polar surface area (TPSA) is 61.7 Å². The van der Waals surface area contributed by atoms with Crippen molar-refractivity contribution in [3.8, 4) is 0 Å². The van der Waals surface area contributed by atoms with Crippen LogP contribution in [0, 0.1) is 13.8 Å². The maximum Gasteiger partial charge on any atom is 0.255 e. The van der Waals surface area contributed by atoms with E-state index in [1.807, 2.05) is 32.0 Å². The summed E-state index contributed by atoms with van der Waals surface area (Å²) in [6.07, 6.45) is 0. The third kappa shape index (κ3) is 3.48. The van der Waals surface area contributed by atoms with Gasteiger partial charge in [0.05, 0.1) is 5.71 Å². The molecule has 0 saturated heterocycles. The molecule has 21 heavy (non-hydrogen) atoms. The highest BCUT2D eigenvalue weighted by Crippen LogP contribution is 2.14. The summed E-state index contributed by atoms with van der Waals surface area (Å²) in [5.74, 6) is -0.140. The number of anilines is 1. The first-order chi connectivity index (χ1) is 10.0. The van der Waals surface area contributed by atoms with Crippen LogP contribution in [0.5, 0.6) is 0 Å². The van der Waals surface area contributed by atoms with Gasteiger partial charge in [0.1, 0.15) is 0 Å². The molecule has 2 aromatic carbocycles. The van der Waals surface area contributed by atoms with Crippen LogP contribution in [0.3, 0.4) is 0 Å². The summed E-state index contributed by atoms with van der Waals surface area (Å²) in [6.45, 7) is 5.71.